The topological polar surface area (TPSA) is 9.23 Å². The van der Waals surface area contributed by atoms with Crippen LogP contribution in [0.5, 0.6) is 5.75 Å². The highest BCUT2D eigenvalue weighted by Crippen LogP contribution is 2.25. The maximum atomic E-state index is 5.14. The van der Waals surface area contributed by atoms with Gasteiger partial charge >= 0.3 is 0 Å². The van der Waals surface area contributed by atoms with Gasteiger partial charge in [0.05, 0.1) is 3.57 Å². The average Bonchev–Trinajstić information content (AvgIpc) is 1.88. The SMILES string of the molecule is Cc1cccc(I)c1OI. The van der Waals surface area contributed by atoms with Crippen molar-refractivity contribution in [3.63, 3.8) is 0 Å². The third-order valence-corrected chi connectivity index (χ3v) is 2.53. The standard InChI is InChI=1S/C7H6I2O/c1-5-3-2-4-6(8)7(5)10-9/h2-4H,1H3. The molecule has 0 aromatic heterocycles. The van der Waals surface area contributed by atoms with E-state index in [9.17, 15) is 0 Å². The van der Waals surface area contributed by atoms with Gasteiger partial charge in [-0.1, -0.05) is 12.1 Å². The summed E-state index contributed by atoms with van der Waals surface area (Å²) in [7, 11) is 0. The first kappa shape index (κ1) is 8.58. The summed E-state index contributed by atoms with van der Waals surface area (Å²) < 4.78 is 6.30. The Morgan fingerprint density at radius 1 is 1.40 bits per heavy atom. The second-order valence-electron chi connectivity index (χ2n) is 1.96. The van der Waals surface area contributed by atoms with E-state index < -0.39 is 0 Å². The number of benzene rings is 1. The van der Waals surface area contributed by atoms with Crippen LogP contribution in [0, 0.1) is 10.5 Å². The van der Waals surface area contributed by atoms with Crippen LogP contribution in [0.3, 0.4) is 0 Å². The van der Waals surface area contributed by atoms with Gasteiger partial charge in [-0.15, -0.1) is 0 Å². The summed E-state index contributed by atoms with van der Waals surface area (Å²) >= 11 is 4.16. The van der Waals surface area contributed by atoms with Crippen LogP contribution >= 0.6 is 45.6 Å². The van der Waals surface area contributed by atoms with Gasteiger partial charge in [-0.3, -0.25) is 0 Å². The summed E-state index contributed by atoms with van der Waals surface area (Å²) in [6.45, 7) is 2.04. The third-order valence-electron chi connectivity index (χ3n) is 1.24. The van der Waals surface area contributed by atoms with Crippen molar-refractivity contribution in [3.05, 3.63) is 27.3 Å². The third kappa shape index (κ3) is 1.75. The van der Waals surface area contributed by atoms with E-state index in [-0.39, 0.29) is 0 Å². The van der Waals surface area contributed by atoms with Gasteiger partial charge in [0.1, 0.15) is 5.75 Å². The normalized spacial score (nSPS) is 9.50. The van der Waals surface area contributed by atoms with Crippen LogP contribution in [0.1, 0.15) is 5.56 Å². The Hall–Kier alpha value is 0.480. The molecular formula is C7H6I2O. The van der Waals surface area contributed by atoms with Crippen molar-refractivity contribution in [3.8, 4) is 5.75 Å². The minimum absolute atomic E-state index is 0.976. The Kier molecular flexibility index (Phi) is 3.22. The van der Waals surface area contributed by atoms with E-state index in [0.717, 1.165) is 9.32 Å². The molecule has 1 aromatic rings. The minimum atomic E-state index is 0.976. The zero-order valence-electron chi connectivity index (χ0n) is 5.40. The number of halogens is 2. The highest BCUT2D eigenvalue weighted by atomic mass is 127. The first-order valence-corrected chi connectivity index (χ1v) is 4.75. The number of para-hydroxylation sites is 1. The molecule has 0 N–H and O–H groups in total. The van der Waals surface area contributed by atoms with Gasteiger partial charge in [0, 0.05) is 0 Å². The van der Waals surface area contributed by atoms with E-state index >= 15 is 0 Å². The van der Waals surface area contributed by atoms with Crippen molar-refractivity contribution in [2.24, 2.45) is 0 Å². The molecule has 0 fully saturated rings. The van der Waals surface area contributed by atoms with Gasteiger partial charge in [-0.25, -0.2) is 0 Å². The Labute approximate surface area is 88.0 Å². The van der Waals surface area contributed by atoms with Gasteiger partial charge in [-0.05, 0) is 41.1 Å². The van der Waals surface area contributed by atoms with E-state index in [1.165, 1.54) is 5.56 Å². The van der Waals surface area contributed by atoms with Crippen LogP contribution in [0.15, 0.2) is 18.2 Å². The van der Waals surface area contributed by atoms with Crippen molar-refractivity contribution < 1.29 is 3.07 Å². The molecule has 0 aliphatic rings. The molecule has 10 heavy (non-hydrogen) atoms. The molecule has 3 heteroatoms. The van der Waals surface area contributed by atoms with Gasteiger partial charge in [0.15, 0.2) is 23.0 Å². The Bertz CT molecular complexity index is 215. The van der Waals surface area contributed by atoms with E-state index in [0.29, 0.717) is 0 Å². The molecule has 0 unspecified atom stereocenters. The second-order valence-corrected chi connectivity index (χ2v) is 3.57. The summed E-state index contributed by atoms with van der Waals surface area (Å²) in [5.41, 5.74) is 1.18. The fourth-order valence-corrected chi connectivity index (χ4v) is 2.46. The van der Waals surface area contributed by atoms with E-state index in [1.807, 2.05) is 48.1 Å². The first-order chi connectivity index (χ1) is 4.75. The molecule has 0 radical (unpaired) electrons. The quantitative estimate of drug-likeness (QED) is 0.699. The molecule has 0 atom stereocenters. The van der Waals surface area contributed by atoms with Crippen molar-refractivity contribution in [1.82, 2.24) is 0 Å². The highest BCUT2D eigenvalue weighted by molar-refractivity contribution is 14.1. The summed E-state index contributed by atoms with van der Waals surface area (Å²) in [6.07, 6.45) is 0. The maximum Gasteiger partial charge on any atom is 0.192 e. The van der Waals surface area contributed by atoms with Crippen LogP contribution in [0.4, 0.5) is 0 Å². The number of aryl methyl sites for hydroxylation is 1. The van der Waals surface area contributed by atoms with Crippen molar-refractivity contribution in [2.75, 3.05) is 0 Å². The Morgan fingerprint density at radius 3 is 2.50 bits per heavy atom. The van der Waals surface area contributed by atoms with Crippen LogP contribution in [0.2, 0.25) is 0 Å². The summed E-state index contributed by atoms with van der Waals surface area (Å²) in [5, 5.41) is 0. The molecule has 1 rings (SSSR count). The first-order valence-electron chi connectivity index (χ1n) is 2.79. The molecular weight excluding hydrogens is 354 g/mol. The van der Waals surface area contributed by atoms with E-state index in [2.05, 4.69) is 22.6 Å². The van der Waals surface area contributed by atoms with Crippen LogP contribution in [0.25, 0.3) is 0 Å². The van der Waals surface area contributed by atoms with Crippen LogP contribution < -0.4 is 3.07 Å². The second kappa shape index (κ2) is 3.75. The van der Waals surface area contributed by atoms with Crippen molar-refractivity contribution >= 4 is 45.6 Å². The maximum absolute atomic E-state index is 5.14. The van der Waals surface area contributed by atoms with Crippen LogP contribution in [-0.4, -0.2) is 0 Å². The predicted octanol–water partition coefficient (Wildman–Crippen LogP) is 3.33. The fourth-order valence-electron chi connectivity index (χ4n) is 0.714. The molecule has 54 valence electrons. The highest BCUT2D eigenvalue weighted by Gasteiger charge is 2.01. The molecule has 0 aliphatic carbocycles. The number of rotatable bonds is 1. The molecule has 1 nitrogen and oxygen atoms in total. The number of hydrogen-bond acceptors (Lipinski definition) is 1. The molecule has 0 amide bonds. The zero-order chi connectivity index (χ0) is 7.56. The molecule has 0 saturated carbocycles. The lowest BCUT2D eigenvalue weighted by Crippen LogP contribution is -1.83. The van der Waals surface area contributed by atoms with Crippen molar-refractivity contribution in [2.45, 2.75) is 6.92 Å². The lowest BCUT2D eigenvalue weighted by Gasteiger charge is -2.02. The Balaban J connectivity index is 3.17. The molecule has 0 heterocycles. The van der Waals surface area contributed by atoms with E-state index in [4.69, 9.17) is 3.07 Å². The van der Waals surface area contributed by atoms with Gasteiger partial charge in [-0.2, -0.15) is 0 Å². The molecule has 0 saturated heterocycles. The van der Waals surface area contributed by atoms with E-state index in [1.54, 1.807) is 0 Å². The summed E-state index contributed by atoms with van der Waals surface area (Å²) in [4.78, 5) is 0. The smallest absolute Gasteiger partial charge is 0.192 e. The van der Waals surface area contributed by atoms with Crippen LogP contribution in [-0.2, 0) is 0 Å². The zero-order valence-corrected chi connectivity index (χ0v) is 9.71. The fraction of sp³-hybridized carbons (Fsp3) is 0.143. The monoisotopic (exact) mass is 360 g/mol. The predicted molar refractivity (Wildman–Crippen MR) is 58.5 cm³/mol. The number of hydrogen-bond donors (Lipinski definition) is 0. The van der Waals surface area contributed by atoms with Gasteiger partial charge in [0.25, 0.3) is 0 Å². The molecule has 1 aromatic carbocycles. The largest absolute Gasteiger partial charge is 0.426 e. The van der Waals surface area contributed by atoms with Crippen molar-refractivity contribution in [1.29, 1.82) is 0 Å². The lowest BCUT2D eigenvalue weighted by molar-refractivity contribution is 0.703. The summed E-state index contributed by atoms with van der Waals surface area (Å²) in [5.74, 6) is 0.976. The lowest BCUT2D eigenvalue weighted by atomic mass is 10.2. The average molecular weight is 360 g/mol. The molecule has 0 spiro atoms. The molecule has 0 aliphatic heterocycles. The van der Waals surface area contributed by atoms with Gasteiger partial charge in [0.2, 0.25) is 0 Å². The summed E-state index contributed by atoms with van der Waals surface area (Å²) in [6, 6.07) is 6.09. The Morgan fingerprint density at radius 2 is 2.10 bits per heavy atom. The minimum Gasteiger partial charge on any atom is -0.426 e. The molecule has 0 bridgehead atoms. The van der Waals surface area contributed by atoms with Gasteiger partial charge < -0.3 is 3.07 Å².